The predicted octanol–water partition coefficient (Wildman–Crippen LogP) is 2.98. The second-order valence-electron chi connectivity index (χ2n) is 4.28. The first kappa shape index (κ1) is 11.3. The molecule has 0 amide bonds. The Morgan fingerprint density at radius 3 is 2.50 bits per heavy atom. The highest BCUT2D eigenvalue weighted by molar-refractivity contribution is 5.24. The lowest BCUT2D eigenvalue weighted by molar-refractivity contribution is 0.0732. The van der Waals surface area contributed by atoms with Crippen LogP contribution in [0.4, 0.5) is 8.78 Å². The minimum Gasteiger partial charge on any atom is -0.385 e. The minimum atomic E-state index is -1.10. The Bertz CT molecular complexity index is 394. The summed E-state index contributed by atoms with van der Waals surface area (Å²) in [4.78, 5) is 0. The summed E-state index contributed by atoms with van der Waals surface area (Å²) in [5.74, 6) is -1.18. The molecule has 0 spiro atoms. The largest absolute Gasteiger partial charge is 0.385 e. The van der Waals surface area contributed by atoms with Gasteiger partial charge in [0.05, 0.1) is 5.60 Å². The molecular weight excluding hydrogens is 210 g/mol. The molecule has 86 valence electrons. The topological polar surface area (TPSA) is 20.2 Å². The maximum Gasteiger partial charge on any atom is 0.129 e. The van der Waals surface area contributed by atoms with Gasteiger partial charge < -0.3 is 5.11 Å². The van der Waals surface area contributed by atoms with Crippen LogP contribution in [0.25, 0.3) is 0 Å². The molecule has 0 fully saturated rings. The lowest BCUT2D eigenvalue weighted by atomic mass is 9.85. The van der Waals surface area contributed by atoms with Crippen LogP contribution < -0.4 is 0 Å². The van der Waals surface area contributed by atoms with Gasteiger partial charge in [-0.05, 0) is 31.4 Å². The Hall–Kier alpha value is -1.22. The van der Waals surface area contributed by atoms with E-state index >= 15 is 0 Å². The van der Waals surface area contributed by atoms with E-state index in [1.165, 1.54) is 18.2 Å². The van der Waals surface area contributed by atoms with E-state index in [9.17, 15) is 13.9 Å². The molecule has 1 aromatic rings. The van der Waals surface area contributed by atoms with Gasteiger partial charge in [0.25, 0.3) is 0 Å². The van der Waals surface area contributed by atoms with Crippen molar-refractivity contribution in [3.8, 4) is 0 Å². The molecule has 1 aromatic carbocycles. The fourth-order valence-electron chi connectivity index (χ4n) is 2.07. The molecule has 16 heavy (non-hydrogen) atoms. The summed E-state index contributed by atoms with van der Waals surface area (Å²) in [5, 5.41) is 10.2. The van der Waals surface area contributed by atoms with E-state index < -0.39 is 17.2 Å². The summed E-state index contributed by atoms with van der Waals surface area (Å²) in [6.07, 6.45) is 5.84. The third-order valence-electron chi connectivity index (χ3n) is 2.95. The smallest absolute Gasteiger partial charge is 0.129 e. The Labute approximate surface area is 93.4 Å². The molecule has 1 atom stereocenters. The van der Waals surface area contributed by atoms with E-state index in [1.807, 2.05) is 6.08 Å². The summed E-state index contributed by atoms with van der Waals surface area (Å²) in [5.41, 5.74) is -1.13. The van der Waals surface area contributed by atoms with Gasteiger partial charge in [-0.3, -0.25) is 0 Å². The van der Waals surface area contributed by atoms with E-state index in [4.69, 9.17) is 0 Å². The molecule has 1 unspecified atom stereocenters. The van der Waals surface area contributed by atoms with Crippen LogP contribution in [0, 0.1) is 11.6 Å². The Morgan fingerprint density at radius 1 is 1.25 bits per heavy atom. The number of benzene rings is 1. The van der Waals surface area contributed by atoms with Gasteiger partial charge in [-0.2, -0.15) is 0 Å². The van der Waals surface area contributed by atoms with Crippen LogP contribution in [0.2, 0.25) is 0 Å². The maximum atomic E-state index is 13.4. The third kappa shape index (κ3) is 2.30. The predicted molar refractivity (Wildman–Crippen MR) is 58.0 cm³/mol. The SMILES string of the molecule is OC1(Cc2c(F)cccc2F)C=CCCC1. The molecule has 0 heterocycles. The lowest BCUT2D eigenvalue weighted by Crippen LogP contribution is -2.31. The lowest BCUT2D eigenvalue weighted by Gasteiger charge is -2.27. The molecule has 1 N–H and O–H groups in total. The van der Waals surface area contributed by atoms with Crippen LogP contribution in [-0.4, -0.2) is 10.7 Å². The maximum absolute atomic E-state index is 13.4. The van der Waals surface area contributed by atoms with Crippen molar-refractivity contribution < 1.29 is 13.9 Å². The van der Waals surface area contributed by atoms with Crippen LogP contribution >= 0.6 is 0 Å². The molecule has 0 aromatic heterocycles. The minimum absolute atomic E-state index is 0.00199. The number of allylic oxidation sites excluding steroid dienone is 1. The van der Waals surface area contributed by atoms with Gasteiger partial charge in [-0.15, -0.1) is 0 Å². The van der Waals surface area contributed by atoms with Crippen molar-refractivity contribution in [2.24, 2.45) is 0 Å². The number of aliphatic hydroxyl groups is 1. The zero-order chi connectivity index (χ0) is 11.6. The Kier molecular flexibility index (Phi) is 3.06. The van der Waals surface area contributed by atoms with E-state index in [2.05, 4.69) is 0 Å². The molecule has 0 saturated carbocycles. The van der Waals surface area contributed by atoms with Crippen molar-refractivity contribution in [2.45, 2.75) is 31.3 Å². The first-order chi connectivity index (χ1) is 7.61. The average molecular weight is 224 g/mol. The van der Waals surface area contributed by atoms with E-state index in [1.54, 1.807) is 6.08 Å². The van der Waals surface area contributed by atoms with Crippen LogP contribution in [0.1, 0.15) is 24.8 Å². The van der Waals surface area contributed by atoms with Crippen LogP contribution in [-0.2, 0) is 6.42 Å². The van der Waals surface area contributed by atoms with Crippen molar-refractivity contribution in [3.05, 3.63) is 47.5 Å². The molecule has 1 aliphatic rings. The normalized spacial score (nSPS) is 24.7. The average Bonchev–Trinajstić information content (AvgIpc) is 2.25. The first-order valence-corrected chi connectivity index (χ1v) is 5.44. The zero-order valence-electron chi connectivity index (χ0n) is 8.92. The molecule has 0 saturated heterocycles. The van der Waals surface area contributed by atoms with Gasteiger partial charge in [0, 0.05) is 12.0 Å². The van der Waals surface area contributed by atoms with E-state index in [0.717, 1.165) is 12.8 Å². The van der Waals surface area contributed by atoms with Gasteiger partial charge in [0.1, 0.15) is 11.6 Å². The van der Waals surface area contributed by atoms with Gasteiger partial charge in [0.15, 0.2) is 0 Å². The molecule has 3 heteroatoms. The van der Waals surface area contributed by atoms with E-state index in [0.29, 0.717) is 6.42 Å². The van der Waals surface area contributed by atoms with E-state index in [-0.39, 0.29) is 12.0 Å². The van der Waals surface area contributed by atoms with Crippen molar-refractivity contribution in [1.82, 2.24) is 0 Å². The highest BCUT2D eigenvalue weighted by Gasteiger charge is 2.28. The Morgan fingerprint density at radius 2 is 1.94 bits per heavy atom. The van der Waals surface area contributed by atoms with Crippen LogP contribution in [0.5, 0.6) is 0 Å². The number of hydrogen-bond acceptors (Lipinski definition) is 1. The van der Waals surface area contributed by atoms with Gasteiger partial charge in [-0.25, -0.2) is 8.78 Å². The second-order valence-corrected chi connectivity index (χ2v) is 4.28. The van der Waals surface area contributed by atoms with Gasteiger partial charge in [0.2, 0.25) is 0 Å². The molecule has 2 rings (SSSR count). The monoisotopic (exact) mass is 224 g/mol. The fraction of sp³-hybridized carbons (Fsp3) is 0.385. The molecule has 0 radical (unpaired) electrons. The Balaban J connectivity index is 2.26. The first-order valence-electron chi connectivity index (χ1n) is 5.44. The van der Waals surface area contributed by atoms with Crippen molar-refractivity contribution >= 4 is 0 Å². The third-order valence-corrected chi connectivity index (χ3v) is 2.95. The van der Waals surface area contributed by atoms with Crippen molar-refractivity contribution in [1.29, 1.82) is 0 Å². The fourth-order valence-corrected chi connectivity index (χ4v) is 2.07. The standard InChI is InChI=1S/C13H14F2O/c14-11-5-4-6-12(15)10(11)9-13(16)7-2-1-3-8-13/h2,4-7,16H,1,3,8-9H2. The quantitative estimate of drug-likeness (QED) is 0.766. The zero-order valence-corrected chi connectivity index (χ0v) is 8.92. The number of rotatable bonds is 2. The van der Waals surface area contributed by atoms with Gasteiger partial charge >= 0.3 is 0 Å². The highest BCUT2D eigenvalue weighted by Crippen LogP contribution is 2.28. The van der Waals surface area contributed by atoms with Crippen molar-refractivity contribution in [2.75, 3.05) is 0 Å². The summed E-state index contributed by atoms with van der Waals surface area (Å²) >= 11 is 0. The summed E-state index contributed by atoms with van der Waals surface area (Å²) < 4.78 is 26.8. The molecule has 0 bridgehead atoms. The second kappa shape index (κ2) is 4.34. The summed E-state index contributed by atoms with van der Waals surface area (Å²) in [6, 6.07) is 3.76. The molecule has 1 aliphatic carbocycles. The number of hydrogen-bond donors (Lipinski definition) is 1. The van der Waals surface area contributed by atoms with Crippen LogP contribution in [0.15, 0.2) is 30.4 Å². The molecule has 0 aliphatic heterocycles. The van der Waals surface area contributed by atoms with Crippen LogP contribution in [0.3, 0.4) is 0 Å². The number of halogens is 2. The summed E-state index contributed by atoms with van der Waals surface area (Å²) in [6.45, 7) is 0. The van der Waals surface area contributed by atoms with Gasteiger partial charge in [-0.1, -0.05) is 18.2 Å². The molecule has 1 nitrogen and oxygen atoms in total. The summed E-state index contributed by atoms with van der Waals surface area (Å²) in [7, 11) is 0. The molecular formula is C13H14F2O. The highest BCUT2D eigenvalue weighted by atomic mass is 19.1. The van der Waals surface area contributed by atoms with Crippen molar-refractivity contribution in [3.63, 3.8) is 0 Å².